The fourth-order valence-electron chi connectivity index (χ4n) is 1.76. The van der Waals surface area contributed by atoms with Gasteiger partial charge >= 0.3 is 0 Å². The molecule has 1 saturated carbocycles. The quantitative estimate of drug-likeness (QED) is 0.862. The SMILES string of the molecule is NCc1cc(-c2nc(CC3CC3)no2)ccn1. The first-order chi connectivity index (χ1) is 8.35. The summed E-state index contributed by atoms with van der Waals surface area (Å²) in [5.41, 5.74) is 7.25. The Morgan fingerprint density at radius 1 is 1.41 bits per heavy atom. The molecule has 1 aliphatic rings. The molecule has 1 aliphatic carbocycles. The Hall–Kier alpha value is -1.75. The van der Waals surface area contributed by atoms with E-state index in [9.17, 15) is 0 Å². The van der Waals surface area contributed by atoms with E-state index in [1.165, 1.54) is 12.8 Å². The van der Waals surface area contributed by atoms with E-state index in [0.29, 0.717) is 12.4 Å². The van der Waals surface area contributed by atoms with Gasteiger partial charge in [-0.2, -0.15) is 4.98 Å². The fraction of sp³-hybridized carbons (Fsp3) is 0.417. The van der Waals surface area contributed by atoms with Crippen molar-refractivity contribution in [2.45, 2.75) is 25.8 Å². The summed E-state index contributed by atoms with van der Waals surface area (Å²) in [5.74, 6) is 2.11. The number of hydrogen-bond donors (Lipinski definition) is 1. The van der Waals surface area contributed by atoms with Crippen LogP contribution in [0.3, 0.4) is 0 Å². The molecule has 0 aliphatic heterocycles. The van der Waals surface area contributed by atoms with Crippen LogP contribution in [0.1, 0.15) is 24.4 Å². The van der Waals surface area contributed by atoms with Gasteiger partial charge < -0.3 is 10.3 Å². The van der Waals surface area contributed by atoms with Gasteiger partial charge in [0.2, 0.25) is 0 Å². The lowest BCUT2D eigenvalue weighted by molar-refractivity contribution is 0.421. The molecule has 88 valence electrons. The smallest absolute Gasteiger partial charge is 0.258 e. The topological polar surface area (TPSA) is 77.8 Å². The monoisotopic (exact) mass is 230 g/mol. The highest BCUT2D eigenvalue weighted by atomic mass is 16.5. The van der Waals surface area contributed by atoms with Crippen LogP contribution in [0.2, 0.25) is 0 Å². The summed E-state index contributed by atoms with van der Waals surface area (Å²) in [4.78, 5) is 8.52. The van der Waals surface area contributed by atoms with Gasteiger partial charge in [-0.15, -0.1) is 0 Å². The lowest BCUT2D eigenvalue weighted by Gasteiger charge is -1.97. The molecule has 0 aromatic carbocycles. The van der Waals surface area contributed by atoms with Crippen molar-refractivity contribution >= 4 is 0 Å². The second-order valence-corrected chi connectivity index (χ2v) is 4.40. The number of pyridine rings is 1. The zero-order chi connectivity index (χ0) is 11.7. The van der Waals surface area contributed by atoms with Gasteiger partial charge in [0, 0.05) is 24.7 Å². The number of rotatable bonds is 4. The van der Waals surface area contributed by atoms with E-state index >= 15 is 0 Å². The highest BCUT2D eigenvalue weighted by Gasteiger charge is 2.24. The third-order valence-corrected chi connectivity index (χ3v) is 2.91. The summed E-state index contributed by atoms with van der Waals surface area (Å²) in [6.07, 6.45) is 5.22. The second kappa shape index (κ2) is 4.25. The number of hydrogen-bond acceptors (Lipinski definition) is 5. The van der Waals surface area contributed by atoms with Crippen LogP contribution in [0, 0.1) is 5.92 Å². The largest absolute Gasteiger partial charge is 0.334 e. The van der Waals surface area contributed by atoms with Crippen molar-refractivity contribution < 1.29 is 4.52 Å². The van der Waals surface area contributed by atoms with E-state index in [1.54, 1.807) is 6.20 Å². The summed E-state index contributed by atoms with van der Waals surface area (Å²) in [6, 6.07) is 3.74. The Kier molecular flexibility index (Phi) is 2.60. The van der Waals surface area contributed by atoms with E-state index in [-0.39, 0.29) is 0 Å². The van der Waals surface area contributed by atoms with Crippen molar-refractivity contribution in [1.29, 1.82) is 0 Å². The van der Waals surface area contributed by atoms with Crippen LogP contribution in [-0.2, 0) is 13.0 Å². The lowest BCUT2D eigenvalue weighted by atomic mass is 10.2. The molecule has 0 unspecified atom stereocenters. The van der Waals surface area contributed by atoms with E-state index in [1.807, 2.05) is 12.1 Å². The Balaban J connectivity index is 1.83. The van der Waals surface area contributed by atoms with Crippen molar-refractivity contribution in [2.75, 3.05) is 0 Å². The zero-order valence-corrected chi connectivity index (χ0v) is 9.47. The lowest BCUT2D eigenvalue weighted by Crippen LogP contribution is -1.99. The average Bonchev–Trinajstić information content (AvgIpc) is 3.05. The van der Waals surface area contributed by atoms with E-state index in [2.05, 4.69) is 15.1 Å². The molecule has 2 heterocycles. The normalized spacial score (nSPS) is 15.1. The third kappa shape index (κ3) is 2.34. The second-order valence-electron chi connectivity index (χ2n) is 4.40. The van der Waals surface area contributed by atoms with Crippen LogP contribution >= 0.6 is 0 Å². The Morgan fingerprint density at radius 3 is 3.06 bits per heavy atom. The number of aromatic nitrogens is 3. The summed E-state index contributed by atoms with van der Waals surface area (Å²) in [7, 11) is 0. The van der Waals surface area contributed by atoms with Crippen LogP contribution in [0.15, 0.2) is 22.9 Å². The molecule has 0 spiro atoms. The Morgan fingerprint density at radius 2 is 2.29 bits per heavy atom. The van der Waals surface area contributed by atoms with Crippen LogP contribution in [0.4, 0.5) is 0 Å². The van der Waals surface area contributed by atoms with Crippen molar-refractivity contribution in [2.24, 2.45) is 11.7 Å². The first-order valence-corrected chi connectivity index (χ1v) is 5.83. The molecule has 0 bridgehead atoms. The molecule has 5 heteroatoms. The van der Waals surface area contributed by atoms with Gasteiger partial charge in [-0.3, -0.25) is 4.98 Å². The molecule has 0 atom stereocenters. The van der Waals surface area contributed by atoms with Crippen molar-refractivity contribution in [3.8, 4) is 11.5 Å². The summed E-state index contributed by atoms with van der Waals surface area (Å²) in [5, 5.41) is 3.99. The Labute approximate surface area is 99.1 Å². The van der Waals surface area contributed by atoms with E-state index in [0.717, 1.165) is 29.4 Å². The van der Waals surface area contributed by atoms with Gasteiger partial charge in [-0.25, -0.2) is 0 Å². The van der Waals surface area contributed by atoms with Gasteiger partial charge in [-0.05, 0) is 30.9 Å². The maximum atomic E-state index is 5.55. The minimum Gasteiger partial charge on any atom is -0.334 e. The van der Waals surface area contributed by atoms with Crippen molar-refractivity contribution in [3.63, 3.8) is 0 Å². The summed E-state index contributed by atoms with van der Waals surface area (Å²) >= 11 is 0. The number of nitrogens with zero attached hydrogens (tertiary/aromatic N) is 3. The fourth-order valence-corrected chi connectivity index (χ4v) is 1.76. The zero-order valence-electron chi connectivity index (χ0n) is 9.47. The molecular formula is C12H14N4O. The van der Waals surface area contributed by atoms with Gasteiger partial charge in [-0.1, -0.05) is 5.16 Å². The molecule has 2 aromatic rings. The van der Waals surface area contributed by atoms with Crippen LogP contribution < -0.4 is 5.73 Å². The van der Waals surface area contributed by atoms with E-state index < -0.39 is 0 Å². The predicted octanol–water partition coefficient (Wildman–Crippen LogP) is 1.54. The average molecular weight is 230 g/mol. The molecule has 0 saturated heterocycles. The molecule has 2 aromatic heterocycles. The van der Waals surface area contributed by atoms with Gasteiger partial charge in [0.1, 0.15) is 0 Å². The molecule has 3 rings (SSSR count). The standard InChI is InChI=1S/C12H14N4O/c13-7-10-6-9(3-4-14-10)12-15-11(16-17-12)5-8-1-2-8/h3-4,6,8H,1-2,5,7,13H2. The predicted molar refractivity (Wildman–Crippen MR) is 61.8 cm³/mol. The highest BCUT2D eigenvalue weighted by Crippen LogP contribution is 2.32. The van der Waals surface area contributed by atoms with Gasteiger partial charge in [0.25, 0.3) is 5.89 Å². The van der Waals surface area contributed by atoms with Crippen LogP contribution in [0.5, 0.6) is 0 Å². The highest BCUT2D eigenvalue weighted by molar-refractivity contribution is 5.52. The first kappa shape index (κ1) is 10.4. The molecular weight excluding hydrogens is 216 g/mol. The first-order valence-electron chi connectivity index (χ1n) is 5.83. The molecule has 0 radical (unpaired) electrons. The molecule has 17 heavy (non-hydrogen) atoms. The molecule has 5 nitrogen and oxygen atoms in total. The third-order valence-electron chi connectivity index (χ3n) is 2.91. The van der Waals surface area contributed by atoms with Gasteiger partial charge in [0.05, 0.1) is 5.69 Å². The minimum atomic E-state index is 0.414. The van der Waals surface area contributed by atoms with Crippen molar-refractivity contribution in [1.82, 2.24) is 15.1 Å². The van der Waals surface area contributed by atoms with Crippen LogP contribution in [-0.4, -0.2) is 15.1 Å². The molecule has 2 N–H and O–H groups in total. The van der Waals surface area contributed by atoms with E-state index in [4.69, 9.17) is 10.3 Å². The minimum absolute atomic E-state index is 0.414. The van der Waals surface area contributed by atoms with Crippen LogP contribution in [0.25, 0.3) is 11.5 Å². The summed E-state index contributed by atoms with van der Waals surface area (Å²) in [6.45, 7) is 0.414. The van der Waals surface area contributed by atoms with Crippen molar-refractivity contribution in [3.05, 3.63) is 29.8 Å². The number of nitrogens with two attached hydrogens (primary N) is 1. The Bertz CT molecular complexity index is 519. The molecule has 0 amide bonds. The summed E-state index contributed by atoms with van der Waals surface area (Å²) < 4.78 is 5.25. The maximum absolute atomic E-state index is 5.55. The molecule has 1 fully saturated rings. The van der Waals surface area contributed by atoms with Gasteiger partial charge in [0.15, 0.2) is 5.82 Å². The maximum Gasteiger partial charge on any atom is 0.258 e.